The number of hydrogen-bond donors (Lipinski definition) is 2. The van der Waals surface area contributed by atoms with Crippen LogP contribution in [0.5, 0.6) is 0 Å². The summed E-state index contributed by atoms with van der Waals surface area (Å²) in [4.78, 5) is 12.4. The molecule has 130 valence electrons. The molecule has 0 radical (unpaired) electrons. The first kappa shape index (κ1) is 20.3. The lowest BCUT2D eigenvalue weighted by atomic mass is 9.79. The summed E-state index contributed by atoms with van der Waals surface area (Å²) < 4.78 is 5.34. The van der Waals surface area contributed by atoms with Gasteiger partial charge in [0, 0.05) is 37.8 Å². The summed E-state index contributed by atoms with van der Waals surface area (Å²) in [5.74, 6) is 1.98. The van der Waals surface area contributed by atoms with Gasteiger partial charge in [0.25, 0.3) is 0 Å². The summed E-state index contributed by atoms with van der Waals surface area (Å²) in [6.45, 7) is 4.45. The fraction of sp³-hybridized carbons (Fsp3) is 0.588. The Morgan fingerprint density at radius 3 is 2.57 bits per heavy atom. The molecule has 0 spiro atoms. The second-order valence-corrected chi connectivity index (χ2v) is 7.00. The van der Waals surface area contributed by atoms with Gasteiger partial charge in [0.1, 0.15) is 0 Å². The van der Waals surface area contributed by atoms with Gasteiger partial charge in [-0.25, -0.2) is 0 Å². The van der Waals surface area contributed by atoms with Gasteiger partial charge in [0.15, 0.2) is 0 Å². The van der Waals surface area contributed by atoms with E-state index in [2.05, 4.69) is 36.5 Å². The van der Waals surface area contributed by atoms with Crippen molar-refractivity contribution in [1.82, 2.24) is 5.32 Å². The average Bonchev–Trinajstić information content (AvgIpc) is 2.56. The lowest BCUT2D eigenvalue weighted by Gasteiger charge is -2.34. The molecule has 2 rings (SSSR count). The Bertz CT molecular complexity index is 476. The van der Waals surface area contributed by atoms with Crippen molar-refractivity contribution in [1.29, 1.82) is 0 Å². The molecule has 0 saturated carbocycles. The van der Waals surface area contributed by atoms with E-state index in [0.29, 0.717) is 26.3 Å². The Hall–Kier alpha value is -0.750. The van der Waals surface area contributed by atoms with Crippen LogP contribution in [-0.2, 0) is 15.3 Å². The van der Waals surface area contributed by atoms with Crippen LogP contribution in [0.2, 0.25) is 0 Å². The van der Waals surface area contributed by atoms with Crippen LogP contribution >= 0.6 is 24.2 Å². The molecule has 0 aromatic heterocycles. The van der Waals surface area contributed by atoms with E-state index in [-0.39, 0.29) is 18.3 Å². The third-order valence-electron chi connectivity index (χ3n) is 4.24. The van der Waals surface area contributed by atoms with E-state index >= 15 is 0 Å². The zero-order valence-corrected chi connectivity index (χ0v) is 15.3. The van der Waals surface area contributed by atoms with Crippen LogP contribution in [0.3, 0.4) is 0 Å². The van der Waals surface area contributed by atoms with Crippen molar-refractivity contribution in [3.63, 3.8) is 0 Å². The second-order valence-electron chi connectivity index (χ2n) is 5.89. The molecule has 0 aliphatic carbocycles. The summed E-state index contributed by atoms with van der Waals surface area (Å²) in [6, 6.07) is 8.58. The number of thioether (sulfide) groups is 1. The summed E-state index contributed by atoms with van der Waals surface area (Å²) >= 11 is 1.84. The number of ether oxygens (including phenoxy) is 1. The van der Waals surface area contributed by atoms with E-state index in [1.807, 2.05) is 11.8 Å². The molecule has 6 heteroatoms. The number of carbonyl (C=O) groups is 1. The van der Waals surface area contributed by atoms with Crippen LogP contribution in [0.1, 0.15) is 24.0 Å². The molecule has 1 heterocycles. The highest BCUT2D eigenvalue weighted by Gasteiger charge is 2.38. The van der Waals surface area contributed by atoms with Crippen LogP contribution in [0.4, 0.5) is 0 Å². The molecule has 3 N–H and O–H groups in total. The van der Waals surface area contributed by atoms with Crippen molar-refractivity contribution in [3.05, 3.63) is 35.4 Å². The summed E-state index contributed by atoms with van der Waals surface area (Å²) in [6.07, 6.45) is 1.46. The van der Waals surface area contributed by atoms with Crippen molar-refractivity contribution >= 4 is 30.1 Å². The minimum Gasteiger partial charge on any atom is -0.381 e. The van der Waals surface area contributed by atoms with Crippen LogP contribution in [0, 0.1) is 12.3 Å². The molecule has 1 amide bonds. The Morgan fingerprint density at radius 1 is 1.30 bits per heavy atom. The van der Waals surface area contributed by atoms with Gasteiger partial charge in [-0.05, 0) is 25.3 Å². The number of carbonyl (C=O) groups excluding carboxylic acids is 1. The number of rotatable bonds is 7. The molecular formula is C17H27ClN2O2S. The van der Waals surface area contributed by atoms with Crippen molar-refractivity contribution in [3.8, 4) is 0 Å². The standard InChI is InChI=1S/C17H26N2O2S.ClH/c1-14-2-4-15(5-3-14)12-22-11-8-19-16(20)17(13-18)6-9-21-10-7-17;/h2-5H,6-13,18H2,1H3,(H,19,20);1H. The molecule has 1 aromatic carbocycles. The van der Waals surface area contributed by atoms with Crippen molar-refractivity contribution < 1.29 is 9.53 Å². The van der Waals surface area contributed by atoms with Gasteiger partial charge in [-0.3, -0.25) is 4.79 Å². The number of hydrogen-bond acceptors (Lipinski definition) is 4. The first-order valence-electron chi connectivity index (χ1n) is 7.86. The fourth-order valence-corrected chi connectivity index (χ4v) is 3.40. The van der Waals surface area contributed by atoms with Crippen molar-refractivity contribution in [2.24, 2.45) is 11.1 Å². The molecule has 23 heavy (non-hydrogen) atoms. The molecule has 0 atom stereocenters. The SMILES string of the molecule is Cc1ccc(CSCCNC(=O)C2(CN)CCOCC2)cc1.Cl. The van der Waals surface area contributed by atoms with E-state index in [0.717, 1.165) is 24.3 Å². The average molecular weight is 359 g/mol. The van der Waals surface area contributed by atoms with Crippen LogP contribution < -0.4 is 11.1 Å². The number of amides is 1. The maximum Gasteiger partial charge on any atom is 0.227 e. The Kier molecular flexibility index (Phi) is 8.99. The number of benzene rings is 1. The molecular weight excluding hydrogens is 332 g/mol. The predicted molar refractivity (Wildman–Crippen MR) is 99.1 cm³/mol. The maximum atomic E-state index is 12.4. The molecule has 1 aromatic rings. The number of nitrogens with two attached hydrogens (primary N) is 1. The second kappa shape index (κ2) is 10.2. The van der Waals surface area contributed by atoms with Gasteiger partial charge in [-0.1, -0.05) is 29.8 Å². The minimum atomic E-state index is -0.417. The molecule has 0 unspecified atom stereocenters. The van der Waals surface area contributed by atoms with E-state index in [9.17, 15) is 4.79 Å². The minimum absolute atomic E-state index is 0. The van der Waals surface area contributed by atoms with Gasteiger partial charge in [0.05, 0.1) is 5.41 Å². The van der Waals surface area contributed by atoms with Crippen LogP contribution in [-0.4, -0.2) is 38.0 Å². The smallest absolute Gasteiger partial charge is 0.227 e. The van der Waals surface area contributed by atoms with E-state index in [1.165, 1.54) is 11.1 Å². The maximum absolute atomic E-state index is 12.4. The van der Waals surface area contributed by atoms with Crippen molar-refractivity contribution in [2.75, 3.05) is 32.1 Å². The molecule has 1 aliphatic heterocycles. The third kappa shape index (κ3) is 5.99. The van der Waals surface area contributed by atoms with Gasteiger partial charge in [-0.15, -0.1) is 12.4 Å². The lowest BCUT2D eigenvalue weighted by Crippen LogP contribution is -2.49. The van der Waals surface area contributed by atoms with Crippen LogP contribution in [0.25, 0.3) is 0 Å². The zero-order chi connectivity index (χ0) is 15.8. The van der Waals surface area contributed by atoms with Gasteiger partial charge in [0.2, 0.25) is 5.91 Å². The van der Waals surface area contributed by atoms with Gasteiger partial charge < -0.3 is 15.8 Å². The molecule has 1 saturated heterocycles. The first-order valence-corrected chi connectivity index (χ1v) is 9.01. The third-order valence-corrected chi connectivity index (χ3v) is 5.27. The summed E-state index contributed by atoms with van der Waals surface area (Å²) in [5, 5.41) is 3.04. The van der Waals surface area contributed by atoms with E-state index < -0.39 is 5.41 Å². The number of halogens is 1. The topological polar surface area (TPSA) is 64.4 Å². The normalized spacial score (nSPS) is 16.4. The quantitative estimate of drug-likeness (QED) is 0.735. The largest absolute Gasteiger partial charge is 0.381 e. The van der Waals surface area contributed by atoms with Crippen LogP contribution in [0.15, 0.2) is 24.3 Å². The number of aryl methyl sites for hydroxylation is 1. The number of nitrogens with one attached hydrogen (secondary N) is 1. The van der Waals surface area contributed by atoms with Gasteiger partial charge in [-0.2, -0.15) is 11.8 Å². The molecule has 0 bridgehead atoms. The molecule has 4 nitrogen and oxygen atoms in total. The lowest BCUT2D eigenvalue weighted by molar-refractivity contribution is -0.135. The zero-order valence-electron chi connectivity index (χ0n) is 13.7. The molecule has 1 fully saturated rings. The van der Waals surface area contributed by atoms with Gasteiger partial charge >= 0.3 is 0 Å². The fourth-order valence-electron chi connectivity index (χ4n) is 2.58. The Labute approximate surface area is 149 Å². The first-order chi connectivity index (χ1) is 10.7. The highest BCUT2D eigenvalue weighted by molar-refractivity contribution is 7.98. The Balaban J connectivity index is 0.00000264. The Morgan fingerprint density at radius 2 is 1.96 bits per heavy atom. The van der Waals surface area contributed by atoms with E-state index in [4.69, 9.17) is 10.5 Å². The van der Waals surface area contributed by atoms with Crippen molar-refractivity contribution in [2.45, 2.75) is 25.5 Å². The predicted octanol–water partition coefficient (Wildman–Crippen LogP) is 2.52. The summed E-state index contributed by atoms with van der Waals surface area (Å²) in [5.41, 5.74) is 8.03. The molecule has 1 aliphatic rings. The van der Waals surface area contributed by atoms with E-state index in [1.54, 1.807) is 0 Å². The monoisotopic (exact) mass is 358 g/mol. The summed E-state index contributed by atoms with van der Waals surface area (Å²) in [7, 11) is 0. The highest BCUT2D eigenvalue weighted by atomic mass is 35.5. The highest BCUT2D eigenvalue weighted by Crippen LogP contribution is 2.29.